The standard InChI is InChI=1S/C25H37FN2O4/c1-23(2,3)11-8-16-31-18-10-9-17(26)19-20(18)27(7)21(29)25(19)12-14-28(15-13-25)22(30)32-24(4,5)6/h9-10H,8,11-16H2,1-7H3. The van der Waals surface area contributed by atoms with Crippen molar-refractivity contribution in [2.24, 2.45) is 5.41 Å². The van der Waals surface area contributed by atoms with Crippen molar-refractivity contribution in [3.8, 4) is 5.75 Å². The molecule has 0 atom stereocenters. The van der Waals surface area contributed by atoms with Crippen LogP contribution in [0.5, 0.6) is 5.75 Å². The first-order valence-corrected chi connectivity index (χ1v) is 11.5. The van der Waals surface area contributed by atoms with Crippen LogP contribution in [0, 0.1) is 11.2 Å². The molecule has 1 spiro atoms. The number of rotatable bonds is 4. The lowest BCUT2D eigenvalue weighted by Crippen LogP contribution is -2.50. The second-order valence-electron chi connectivity index (χ2n) is 11.2. The maximum absolute atomic E-state index is 15.1. The van der Waals surface area contributed by atoms with E-state index in [-0.39, 0.29) is 11.3 Å². The maximum Gasteiger partial charge on any atom is 0.410 e. The zero-order valence-corrected chi connectivity index (χ0v) is 20.5. The van der Waals surface area contributed by atoms with E-state index >= 15 is 4.39 Å². The zero-order chi connectivity index (χ0) is 23.9. The minimum atomic E-state index is -0.975. The number of fused-ring (bicyclic) bond motifs is 2. The summed E-state index contributed by atoms with van der Waals surface area (Å²) in [7, 11) is 1.68. The fourth-order valence-corrected chi connectivity index (χ4v) is 4.63. The lowest BCUT2D eigenvalue weighted by atomic mass is 9.73. The molecule has 2 heterocycles. The molecule has 7 heteroatoms. The molecule has 0 unspecified atom stereocenters. The summed E-state index contributed by atoms with van der Waals surface area (Å²) in [5, 5.41) is 0. The lowest BCUT2D eigenvalue weighted by Gasteiger charge is -2.38. The van der Waals surface area contributed by atoms with E-state index in [0.717, 1.165) is 12.8 Å². The Bertz CT molecular complexity index is 877. The largest absolute Gasteiger partial charge is 0.491 e. The van der Waals surface area contributed by atoms with Crippen LogP contribution in [0.25, 0.3) is 0 Å². The highest BCUT2D eigenvalue weighted by atomic mass is 19.1. The van der Waals surface area contributed by atoms with Crippen molar-refractivity contribution < 1.29 is 23.5 Å². The van der Waals surface area contributed by atoms with Gasteiger partial charge in [0.1, 0.15) is 17.2 Å². The van der Waals surface area contributed by atoms with Crippen molar-refractivity contribution in [2.45, 2.75) is 78.2 Å². The Balaban J connectivity index is 1.81. The summed E-state index contributed by atoms with van der Waals surface area (Å²) in [5.41, 5.74) is -0.420. The van der Waals surface area contributed by atoms with Gasteiger partial charge in [-0.05, 0) is 64.0 Å². The number of ether oxygens (including phenoxy) is 2. The number of carbonyl (C=O) groups excluding carboxylic acids is 2. The molecule has 0 aromatic heterocycles. The van der Waals surface area contributed by atoms with Crippen LogP contribution in [0.15, 0.2) is 12.1 Å². The van der Waals surface area contributed by atoms with Crippen LogP contribution in [0.4, 0.5) is 14.9 Å². The Labute approximate surface area is 191 Å². The highest BCUT2D eigenvalue weighted by Gasteiger charge is 2.54. The van der Waals surface area contributed by atoms with Crippen LogP contribution in [0.1, 0.15) is 72.8 Å². The van der Waals surface area contributed by atoms with Crippen LogP contribution in [0.3, 0.4) is 0 Å². The minimum absolute atomic E-state index is 0.138. The molecule has 2 aliphatic heterocycles. The summed E-state index contributed by atoms with van der Waals surface area (Å²) in [6.45, 7) is 13.2. The predicted octanol–water partition coefficient (Wildman–Crippen LogP) is 5.28. The first-order valence-electron chi connectivity index (χ1n) is 11.5. The van der Waals surface area contributed by atoms with Crippen LogP contribution < -0.4 is 9.64 Å². The molecule has 1 fully saturated rings. The molecule has 32 heavy (non-hydrogen) atoms. The van der Waals surface area contributed by atoms with Crippen LogP contribution >= 0.6 is 0 Å². The Hall–Kier alpha value is -2.31. The molecule has 0 bridgehead atoms. The number of amides is 2. The summed E-state index contributed by atoms with van der Waals surface area (Å²) in [6.07, 6.45) is 2.20. The smallest absolute Gasteiger partial charge is 0.410 e. The Morgan fingerprint density at radius 1 is 1.12 bits per heavy atom. The van der Waals surface area contributed by atoms with E-state index < -0.39 is 22.9 Å². The van der Waals surface area contributed by atoms with Gasteiger partial charge in [0.15, 0.2) is 0 Å². The third kappa shape index (κ3) is 4.86. The summed E-state index contributed by atoms with van der Waals surface area (Å²) in [6, 6.07) is 3.01. The van der Waals surface area contributed by atoms with E-state index in [1.54, 1.807) is 18.0 Å². The Kier molecular flexibility index (Phi) is 6.51. The summed E-state index contributed by atoms with van der Waals surface area (Å²) >= 11 is 0. The summed E-state index contributed by atoms with van der Waals surface area (Å²) < 4.78 is 26.6. The van der Waals surface area contributed by atoms with Gasteiger partial charge in [-0.2, -0.15) is 0 Å². The van der Waals surface area contributed by atoms with Gasteiger partial charge in [-0.3, -0.25) is 4.79 Å². The van der Waals surface area contributed by atoms with Gasteiger partial charge in [0.2, 0.25) is 5.91 Å². The van der Waals surface area contributed by atoms with Crippen molar-refractivity contribution in [2.75, 3.05) is 31.6 Å². The van der Waals surface area contributed by atoms with Crippen molar-refractivity contribution >= 4 is 17.7 Å². The molecule has 1 saturated heterocycles. The van der Waals surface area contributed by atoms with E-state index in [1.165, 1.54) is 11.0 Å². The number of hydrogen-bond acceptors (Lipinski definition) is 4. The summed E-state index contributed by atoms with van der Waals surface area (Å²) in [4.78, 5) is 29.0. The van der Waals surface area contributed by atoms with Gasteiger partial charge in [0.05, 0.1) is 17.7 Å². The number of hydrogen-bond donors (Lipinski definition) is 0. The minimum Gasteiger partial charge on any atom is -0.491 e. The van der Waals surface area contributed by atoms with E-state index in [1.807, 2.05) is 20.8 Å². The third-order valence-electron chi connectivity index (χ3n) is 6.22. The quantitative estimate of drug-likeness (QED) is 0.589. The first kappa shape index (κ1) is 24.3. The van der Waals surface area contributed by atoms with E-state index in [4.69, 9.17) is 9.47 Å². The molecular formula is C25H37FN2O4. The number of benzene rings is 1. The molecule has 6 nitrogen and oxygen atoms in total. The van der Waals surface area contributed by atoms with Crippen molar-refractivity contribution in [3.63, 3.8) is 0 Å². The van der Waals surface area contributed by atoms with Crippen molar-refractivity contribution in [1.82, 2.24) is 4.90 Å². The van der Waals surface area contributed by atoms with E-state index in [2.05, 4.69) is 20.8 Å². The fourth-order valence-electron chi connectivity index (χ4n) is 4.63. The van der Waals surface area contributed by atoms with Crippen LogP contribution in [-0.2, 0) is 14.9 Å². The molecule has 0 N–H and O–H groups in total. The van der Waals surface area contributed by atoms with Gasteiger partial charge in [-0.25, -0.2) is 9.18 Å². The Morgan fingerprint density at radius 3 is 2.31 bits per heavy atom. The Morgan fingerprint density at radius 2 is 1.75 bits per heavy atom. The average molecular weight is 449 g/mol. The molecule has 1 aromatic rings. The highest BCUT2D eigenvalue weighted by molar-refractivity contribution is 6.09. The van der Waals surface area contributed by atoms with Gasteiger partial charge >= 0.3 is 6.09 Å². The number of piperidine rings is 1. The van der Waals surface area contributed by atoms with E-state index in [9.17, 15) is 9.59 Å². The number of halogens is 1. The SMILES string of the molecule is CN1C(=O)C2(CCN(C(=O)OC(C)(C)C)CC2)c2c(F)ccc(OCCCC(C)(C)C)c21. The topological polar surface area (TPSA) is 59.1 Å². The molecule has 2 amide bonds. The molecule has 1 aromatic carbocycles. The molecule has 2 aliphatic rings. The average Bonchev–Trinajstić information content (AvgIpc) is 2.88. The number of likely N-dealkylation sites (N-methyl/N-ethyl adjacent to an activating group) is 1. The monoisotopic (exact) mass is 448 g/mol. The highest BCUT2D eigenvalue weighted by Crippen LogP contribution is 2.52. The van der Waals surface area contributed by atoms with Gasteiger partial charge in [0.25, 0.3) is 0 Å². The maximum atomic E-state index is 15.1. The molecule has 3 rings (SSSR count). The van der Waals surface area contributed by atoms with Crippen LogP contribution in [-0.4, -0.2) is 49.2 Å². The van der Waals surface area contributed by atoms with E-state index in [0.29, 0.717) is 49.5 Å². The zero-order valence-electron chi connectivity index (χ0n) is 20.5. The predicted molar refractivity (Wildman–Crippen MR) is 123 cm³/mol. The number of nitrogens with zero attached hydrogens (tertiary/aromatic N) is 2. The number of anilines is 1. The van der Waals surface area contributed by atoms with Crippen molar-refractivity contribution in [3.05, 3.63) is 23.5 Å². The van der Waals surface area contributed by atoms with Gasteiger partial charge < -0.3 is 19.3 Å². The molecule has 0 aliphatic carbocycles. The van der Waals surface area contributed by atoms with Gasteiger partial charge in [-0.1, -0.05) is 20.8 Å². The molecule has 0 saturated carbocycles. The molecule has 178 valence electrons. The fraction of sp³-hybridized carbons (Fsp3) is 0.680. The lowest BCUT2D eigenvalue weighted by molar-refractivity contribution is -0.124. The van der Waals surface area contributed by atoms with Gasteiger partial charge in [-0.15, -0.1) is 0 Å². The van der Waals surface area contributed by atoms with Crippen molar-refractivity contribution in [1.29, 1.82) is 0 Å². The second-order valence-corrected chi connectivity index (χ2v) is 11.2. The number of carbonyl (C=O) groups is 2. The summed E-state index contributed by atoms with van der Waals surface area (Å²) in [5.74, 6) is 0.00375. The normalized spacial score (nSPS) is 18.2. The van der Waals surface area contributed by atoms with Crippen LogP contribution in [0.2, 0.25) is 0 Å². The molecular weight excluding hydrogens is 411 g/mol. The second kappa shape index (κ2) is 8.56. The molecule has 0 radical (unpaired) electrons. The first-order chi connectivity index (χ1) is 14.8. The number of likely N-dealkylation sites (tertiary alicyclic amines) is 1. The van der Waals surface area contributed by atoms with Gasteiger partial charge in [0, 0.05) is 25.7 Å². The third-order valence-corrected chi connectivity index (χ3v) is 6.22.